The first-order valence-electron chi connectivity index (χ1n) is 6.16. The molecule has 0 amide bonds. The summed E-state index contributed by atoms with van der Waals surface area (Å²) in [5.41, 5.74) is -2.39. The summed E-state index contributed by atoms with van der Waals surface area (Å²) in [4.78, 5) is 51.1. The van der Waals surface area contributed by atoms with Crippen molar-refractivity contribution < 1.29 is 56.0 Å². The zero-order valence-electron chi connectivity index (χ0n) is 13.1. The van der Waals surface area contributed by atoms with E-state index in [1.54, 1.807) is 0 Å². The third kappa shape index (κ3) is 5.53. The molecule has 2 aromatic heterocycles. The standard InChI is InChI=1S/C14H8N2O8.3H2O/c17-11(18)7-1-5(2-8(15-7)12(19)20)6-3-9(13(21)22)16-10(4-6)14(23)24;;;/h1-4H,(H,17,18)(H,19,20)(H,21,22)(H,23,24);3*1H2. The molecule has 0 unspecified atom stereocenters. The van der Waals surface area contributed by atoms with Crippen molar-refractivity contribution in [2.75, 3.05) is 0 Å². The minimum atomic E-state index is -1.50. The second-order valence-corrected chi connectivity index (χ2v) is 4.47. The van der Waals surface area contributed by atoms with Crippen LogP contribution in [0.25, 0.3) is 11.1 Å². The topological polar surface area (TPSA) is 269 Å². The van der Waals surface area contributed by atoms with Crippen molar-refractivity contribution in [2.24, 2.45) is 0 Å². The molecule has 0 aliphatic carbocycles. The number of hydrogen-bond donors (Lipinski definition) is 4. The van der Waals surface area contributed by atoms with Gasteiger partial charge in [0.05, 0.1) is 0 Å². The number of hydrogen-bond acceptors (Lipinski definition) is 6. The Hall–Kier alpha value is -3.94. The predicted molar refractivity (Wildman–Crippen MR) is 86.1 cm³/mol. The molecule has 10 N–H and O–H groups in total. The summed E-state index contributed by atoms with van der Waals surface area (Å²) in [7, 11) is 0. The highest BCUT2D eigenvalue weighted by molar-refractivity contribution is 5.95. The third-order valence-electron chi connectivity index (χ3n) is 2.86. The van der Waals surface area contributed by atoms with Crippen LogP contribution in [0, 0.1) is 0 Å². The molecule has 2 heterocycles. The van der Waals surface area contributed by atoms with Gasteiger partial charge in [0.15, 0.2) is 0 Å². The number of carbonyl (C=O) groups is 4. The molecule has 0 fully saturated rings. The molecule has 0 saturated heterocycles. The summed E-state index contributed by atoms with van der Waals surface area (Å²) in [6, 6.07) is 4.01. The molecule has 0 aliphatic rings. The van der Waals surface area contributed by atoms with Crippen LogP contribution >= 0.6 is 0 Å². The van der Waals surface area contributed by atoms with Crippen LogP contribution in [0.5, 0.6) is 0 Å². The normalized spacial score (nSPS) is 9.04. The largest absolute Gasteiger partial charge is 0.477 e. The molecular formula is C14H14N2O11. The van der Waals surface area contributed by atoms with Crippen LogP contribution in [-0.4, -0.2) is 70.7 Å². The van der Waals surface area contributed by atoms with Crippen LogP contribution in [-0.2, 0) is 0 Å². The van der Waals surface area contributed by atoms with Gasteiger partial charge in [-0.05, 0) is 35.4 Å². The molecule has 2 rings (SSSR count). The molecule has 0 saturated carbocycles. The maximum Gasteiger partial charge on any atom is 0.354 e. The predicted octanol–water partition coefficient (Wildman–Crippen LogP) is -1.54. The van der Waals surface area contributed by atoms with Gasteiger partial charge in [-0.2, -0.15) is 0 Å². The van der Waals surface area contributed by atoms with Gasteiger partial charge < -0.3 is 36.9 Å². The number of aromatic carboxylic acids is 4. The molecule has 0 atom stereocenters. The SMILES string of the molecule is O.O.O.O=C(O)c1cc(-c2cc(C(=O)O)nc(C(=O)O)c2)cc(C(=O)O)n1. The molecule has 0 bridgehead atoms. The Labute approximate surface area is 149 Å². The fourth-order valence-corrected chi connectivity index (χ4v) is 1.83. The molecule has 0 radical (unpaired) electrons. The van der Waals surface area contributed by atoms with Gasteiger partial charge in [-0.3, -0.25) is 0 Å². The zero-order chi connectivity index (χ0) is 18.0. The first kappa shape index (κ1) is 25.3. The number of aromatic nitrogens is 2. The molecule has 0 aromatic carbocycles. The highest BCUT2D eigenvalue weighted by Gasteiger charge is 2.18. The van der Waals surface area contributed by atoms with Gasteiger partial charge in [-0.1, -0.05) is 0 Å². The highest BCUT2D eigenvalue weighted by Crippen LogP contribution is 2.23. The fraction of sp³-hybridized carbons (Fsp3) is 0. The number of pyridine rings is 2. The van der Waals surface area contributed by atoms with Gasteiger partial charge in [0.25, 0.3) is 0 Å². The maximum absolute atomic E-state index is 11.1. The minimum absolute atomic E-state index is 0. The summed E-state index contributed by atoms with van der Waals surface area (Å²) in [5, 5.41) is 36.0. The van der Waals surface area contributed by atoms with Gasteiger partial charge in [0, 0.05) is 0 Å². The van der Waals surface area contributed by atoms with E-state index in [0.717, 1.165) is 24.3 Å². The summed E-state index contributed by atoms with van der Waals surface area (Å²) < 4.78 is 0. The number of nitrogens with zero attached hydrogens (tertiary/aromatic N) is 2. The van der Waals surface area contributed by atoms with Gasteiger partial charge in [0.2, 0.25) is 0 Å². The maximum atomic E-state index is 11.1. The molecular weight excluding hydrogens is 372 g/mol. The van der Waals surface area contributed by atoms with Gasteiger partial charge >= 0.3 is 23.9 Å². The minimum Gasteiger partial charge on any atom is -0.477 e. The summed E-state index contributed by atoms with van der Waals surface area (Å²) in [6.45, 7) is 0. The molecule has 2 aromatic rings. The van der Waals surface area contributed by atoms with Crippen LogP contribution in [0.3, 0.4) is 0 Å². The Morgan fingerprint density at radius 2 is 0.704 bits per heavy atom. The lowest BCUT2D eigenvalue weighted by molar-refractivity contribution is 0.0663. The Morgan fingerprint density at radius 3 is 0.852 bits per heavy atom. The zero-order valence-corrected chi connectivity index (χ0v) is 13.1. The fourth-order valence-electron chi connectivity index (χ4n) is 1.83. The van der Waals surface area contributed by atoms with Crippen molar-refractivity contribution in [3.05, 3.63) is 47.0 Å². The molecule has 13 nitrogen and oxygen atoms in total. The van der Waals surface area contributed by atoms with Crippen LogP contribution in [0.15, 0.2) is 24.3 Å². The van der Waals surface area contributed by atoms with Crippen molar-refractivity contribution in [2.45, 2.75) is 0 Å². The van der Waals surface area contributed by atoms with Gasteiger partial charge in [-0.25, -0.2) is 29.1 Å². The lowest BCUT2D eigenvalue weighted by Gasteiger charge is -2.07. The van der Waals surface area contributed by atoms with E-state index in [9.17, 15) is 19.2 Å². The summed E-state index contributed by atoms with van der Waals surface area (Å²) >= 11 is 0. The van der Waals surface area contributed by atoms with E-state index in [0.29, 0.717) is 0 Å². The number of carboxylic acids is 4. The van der Waals surface area contributed by atoms with Crippen LogP contribution < -0.4 is 0 Å². The highest BCUT2D eigenvalue weighted by atomic mass is 16.4. The Balaban J connectivity index is 0. The lowest BCUT2D eigenvalue weighted by atomic mass is 10.0. The lowest BCUT2D eigenvalue weighted by Crippen LogP contribution is -2.10. The number of rotatable bonds is 5. The van der Waals surface area contributed by atoms with E-state index in [4.69, 9.17) is 20.4 Å². The van der Waals surface area contributed by atoms with E-state index >= 15 is 0 Å². The smallest absolute Gasteiger partial charge is 0.354 e. The van der Waals surface area contributed by atoms with Gasteiger partial charge in [-0.15, -0.1) is 0 Å². The molecule has 0 spiro atoms. The monoisotopic (exact) mass is 386 g/mol. The van der Waals surface area contributed by atoms with Crippen LogP contribution in [0.2, 0.25) is 0 Å². The first-order valence-corrected chi connectivity index (χ1v) is 6.16. The second kappa shape index (κ2) is 9.52. The van der Waals surface area contributed by atoms with E-state index in [2.05, 4.69) is 9.97 Å². The van der Waals surface area contributed by atoms with Crippen molar-refractivity contribution in [1.82, 2.24) is 9.97 Å². The van der Waals surface area contributed by atoms with E-state index < -0.39 is 46.7 Å². The quantitative estimate of drug-likeness (QED) is 0.459. The van der Waals surface area contributed by atoms with E-state index in [1.165, 1.54) is 0 Å². The van der Waals surface area contributed by atoms with Crippen molar-refractivity contribution in [3.8, 4) is 11.1 Å². The average molecular weight is 386 g/mol. The van der Waals surface area contributed by atoms with Crippen LogP contribution in [0.1, 0.15) is 42.0 Å². The van der Waals surface area contributed by atoms with Crippen LogP contribution in [0.4, 0.5) is 0 Å². The number of carboxylic acid groups (broad SMARTS) is 4. The van der Waals surface area contributed by atoms with Crippen molar-refractivity contribution in [1.29, 1.82) is 0 Å². The molecule has 27 heavy (non-hydrogen) atoms. The summed E-state index contributed by atoms with van der Waals surface area (Å²) in [5.74, 6) is -5.98. The van der Waals surface area contributed by atoms with E-state index in [1.807, 2.05) is 0 Å². The first-order chi connectivity index (χ1) is 11.2. The molecule has 146 valence electrons. The van der Waals surface area contributed by atoms with Crippen molar-refractivity contribution in [3.63, 3.8) is 0 Å². The summed E-state index contributed by atoms with van der Waals surface area (Å²) in [6.07, 6.45) is 0. The Morgan fingerprint density at radius 1 is 0.519 bits per heavy atom. The average Bonchev–Trinajstić information content (AvgIpc) is 2.53. The van der Waals surface area contributed by atoms with E-state index in [-0.39, 0.29) is 27.6 Å². The molecule has 13 heteroatoms. The second-order valence-electron chi connectivity index (χ2n) is 4.47. The molecule has 0 aliphatic heterocycles. The Kier molecular flexibility index (Phi) is 8.92. The Bertz CT molecular complexity index is 757. The third-order valence-corrected chi connectivity index (χ3v) is 2.86. The van der Waals surface area contributed by atoms with Crippen molar-refractivity contribution >= 4 is 23.9 Å². The van der Waals surface area contributed by atoms with Gasteiger partial charge in [0.1, 0.15) is 22.8 Å².